The second kappa shape index (κ2) is 6.32. The SMILES string of the molecule is CC(CO)(c1ccc(I)cc1)N1CCCNCC1. The van der Waals surface area contributed by atoms with E-state index in [1.54, 1.807) is 0 Å². The molecule has 1 aromatic rings. The maximum Gasteiger partial charge on any atom is 0.0665 e. The minimum atomic E-state index is -0.267. The number of halogens is 1. The normalized spacial score (nSPS) is 21.3. The Morgan fingerprint density at radius 2 is 2.00 bits per heavy atom. The van der Waals surface area contributed by atoms with Crippen LogP contribution in [0.4, 0.5) is 0 Å². The molecule has 1 aliphatic rings. The van der Waals surface area contributed by atoms with Crippen molar-refractivity contribution in [1.82, 2.24) is 10.2 Å². The first-order valence-electron chi connectivity index (χ1n) is 6.49. The third-order valence-electron chi connectivity index (χ3n) is 3.81. The Morgan fingerprint density at radius 1 is 1.28 bits per heavy atom. The first-order valence-corrected chi connectivity index (χ1v) is 7.57. The summed E-state index contributed by atoms with van der Waals surface area (Å²) >= 11 is 2.31. The third kappa shape index (κ3) is 3.04. The van der Waals surface area contributed by atoms with E-state index in [-0.39, 0.29) is 12.1 Å². The van der Waals surface area contributed by atoms with Gasteiger partial charge in [-0.2, -0.15) is 0 Å². The number of nitrogens with one attached hydrogen (secondary N) is 1. The van der Waals surface area contributed by atoms with E-state index in [0.717, 1.165) is 32.6 Å². The lowest BCUT2D eigenvalue weighted by molar-refractivity contribution is 0.0453. The summed E-state index contributed by atoms with van der Waals surface area (Å²) in [5, 5.41) is 13.3. The number of nitrogens with zero attached hydrogens (tertiary/aromatic N) is 1. The molecule has 0 spiro atoms. The van der Waals surface area contributed by atoms with E-state index >= 15 is 0 Å². The van der Waals surface area contributed by atoms with Gasteiger partial charge in [0.1, 0.15) is 0 Å². The molecule has 1 aromatic carbocycles. The van der Waals surface area contributed by atoms with Crippen LogP contribution in [0.5, 0.6) is 0 Å². The van der Waals surface area contributed by atoms with Crippen molar-refractivity contribution in [3.05, 3.63) is 33.4 Å². The van der Waals surface area contributed by atoms with Gasteiger partial charge >= 0.3 is 0 Å². The van der Waals surface area contributed by atoms with Gasteiger partial charge in [-0.1, -0.05) is 12.1 Å². The van der Waals surface area contributed by atoms with Crippen LogP contribution in [-0.4, -0.2) is 42.8 Å². The van der Waals surface area contributed by atoms with Crippen molar-refractivity contribution in [2.45, 2.75) is 18.9 Å². The summed E-state index contributed by atoms with van der Waals surface area (Å²) in [6.07, 6.45) is 1.14. The molecule has 0 amide bonds. The van der Waals surface area contributed by atoms with Gasteiger partial charge in [0, 0.05) is 23.2 Å². The van der Waals surface area contributed by atoms with E-state index in [1.165, 1.54) is 9.13 Å². The number of benzene rings is 1. The molecule has 1 atom stereocenters. The fraction of sp³-hybridized carbons (Fsp3) is 0.571. The number of rotatable bonds is 3. The van der Waals surface area contributed by atoms with Gasteiger partial charge in [-0.05, 0) is 60.2 Å². The predicted molar refractivity (Wildman–Crippen MR) is 82.7 cm³/mol. The maximum atomic E-state index is 9.89. The van der Waals surface area contributed by atoms with E-state index in [4.69, 9.17) is 0 Å². The molecule has 2 rings (SSSR count). The van der Waals surface area contributed by atoms with Crippen molar-refractivity contribution in [3.63, 3.8) is 0 Å². The zero-order valence-electron chi connectivity index (χ0n) is 10.8. The minimum absolute atomic E-state index is 0.160. The van der Waals surface area contributed by atoms with Crippen LogP contribution in [0.25, 0.3) is 0 Å². The molecule has 0 saturated carbocycles. The van der Waals surface area contributed by atoms with Crippen LogP contribution in [0.3, 0.4) is 0 Å². The van der Waals surface area contributed by atoms with Crippen LogP contribution in [0, 0.1) is 3.57 Å². The van der Waals surface area contributed by atoms with Gasteiger partial charge in [0.05, 0.1) is 12.1 Å². The van der Waals surface area contributed by atoms with Gasteiger partial charge in [-0.25, -0.2) is 0 Å². The summed E-state index contributed by atoms with van der Waals surface area (Å²) in [6.45, 7) is 6.40. The summed E-state index contributed by atoms with van der Waals surface area (Å²) in [6, 6.07) is 8.49. The van der Waals surface area contributed by atoms with E-state index in [2.05, 4.69) is 64.0 Å². The van der Waals surface area contributed by atoms with Crippen LogP contribution < -0.4 is 5.32 Å². The smallest absolute Gasteiger partial charge is 0.0665 e. The third-order valence-corrected chi connectivity index (χ3v) is 4.53. The molecule has 4 heteroatoms. The number of aliphatic hydroxyl groups excluding tert-OH is 1. The molecule has 3 nitrogen and oxygen atoms in total. The minimum Gasteiger partial charge on any atom is -0.394 e. The van der Waals surface area contributed by atoms with Crippen molar-refractivity contribution < 1.29 is 5.11 Å². The Balaban J connectivity index is 2.25. The van der Waals surface area contributed by atoms with Gasteiger partial charge in [-0.3, -0.25) is 4.90 Å². The largest absolute Gasteiger partial charge is 0.394 e. The quantitative estimate of drug-likeness (QED) is 0.807. The summed E-state index contributed by atoms with van der Waals surface area (Å²) in [5.41, 5.74) is 0.934. The molecular weight excluding hydrogens is 339 g/mol. The highest BCUT2D eigenvalue weighted by molar-refractivity contribution is 14.1. The first kappa shape index (κ1) is 14.2. The highest BCUT2D eigenvalue weighted by atomic mass is 127. The molecule has 2 N–H and O–H groups in total. The van der Waals surface area contributed by atoms with Gasteiger partial charge in [0.15, 0.2) is 0 Å². The summed E-state index contributed by atoms with van der Waals surface area (Å²) in [4.78, 5) is 2.40. The molecular formula is C14H21IN2O. The van der Waals surface area contributed by atoms with Gasteiger partial charge in [0.25, 0.3) is 0 Å². The van der Waals surface area contributed by atoms with Crippen LogP contribution in [0.15, 0.2) is 24.3 Å². The van der Waals surface area contributed by atoms with E-state index < -0.39 is 0 Å². The molecule has 0 aromatic heterocycles. The summed E-state index contributed by atoms with van der Waals surface area (Å²) in [7, 11) is 0. The second-order valence-electron chi connectivity index (χ2n) is 5.03. The van der Waals surface area contributed by atoms with E-state index in [1.807, 2.05) is 0 Å². The Hall–Kier alpha value is -0.170. The predicted octanol–water partition coefficient (Wildman–Crippen LogP) is 1.79. The Kier molecular flexibility index (Phi) is 5.00. The fourth-order valence-corrected chi connectivity index (χ4v) is 2.88. The fourth-order valence-electron chi connectivity index (χ4n) is 2.52. The molecule has 100 valence electrons. The highest BCUT2D eigenvalue weighted by Gasteiger charge is 2.33. The molecule has 0 aliphatic carbocycles. The number of hydrogen-bond acceptors (Lipinski definition) is 3. The maximum absolute atomic E-state index is 9.89. The van der Waals surface area contributed by atoms with Crippen molar-refractivity contribution in [3.8, 4) is 0 Å². The van der Waals surface area contributed by atoms with Gasteiger partial charge in [0.2, 0.25) is 0 Å². The Labute approximate surface area is 123 Å². The Bertz CT molecular complexity index is 374. The lowest BCUT2D eigenvalue weighted by atomic mass is 9.90. The van der Waals surface area contributed by atoms with Crippen LogP contribution in [0.2, 0.25) is 0 Å². The number of hydrogen-bond donors (Lipinski definition) is 2. The van der Waals surface area contributed by atoms with E-state index in [0.29, 0.717) is 0 Å². The lowest BCUT2D eigenvalue weighted by Gasteiger charge is -2.40. The van der Waals surface area contributed by atoms with Crippen LogP contribution in [-0.2, 0) is 5.54 Å². The number of aliphatic hydroxyl groups is 1. The van der Waals surface area contributed by atoms with Crippen molar-refractivity contribution in [2.24, 2.45) is 0 Å². The standard InChI is InChI=1S/C14H21IN2O/c1-14(11-18,12-3-5-13(15)6-4-12)17-9-2-7-16-8-10-17/h3-6,16,18H,2,7-11H2,1H3. The van der Waals surface area contributed by atoms with Gasteiger partial charge < -0.3 is 10.4 Å². The zero-order chi connectivity index (χ0) is 13.0. The second-order valence-corrected chi connectivity index (χ2v) is 6.28. The molecule has 1 aliphatic heterocycles. The molecule has 0 bridgehead atoms. The lowest BCUT2D eigenvalue weighted by Crippen LogP contribution is -2.48. The molecule has 0 radical (unpaired) electrons. The summed E-state index contributed by atoms with van der Waals surface area (Å²) in [5.74, 6) is 0. The van der Waals surface area contributed by atoms with Crippen molar-refractivity contribution in [1.29, 1.82) is 0 Å². The average molecular weight is 360 g/mol. The Morgan fingerprint density at radius 3 is 2.67 bits per heavy atom. The van der Waals surface area contributed by atoms with Gasteiger partial charge in [-0.15, -0.1) is 0 Å². The molecule has 1 saturated heterocycles. The van der Waals surface area contributed by atoms with Crippen molar-refractivity contribution in [2.75, 3.05) is 32.8 Å². The first-order chi connectivity index (χ1) is 8.66. The average Bonchev–Trinajstić information content (AvgIpc) is 2.68. The zero-order valence-corrected chi connectivity index (χ0v) is 13.0. The molecule has 18 heavy (non-hydrogen) atoms. The molecule has 1 unspecified atom stereocenters. The summed E-state index contributed by atoms with van der Waals surface area (Å²) < 4.78 is 1.23. The van der Waals surface area contributed by atoms with Crippen LogP contribution >= 0.6 is 22.6 Å². The molecule has 1 fully saturated rings. The van der Waals surface area contributed by atoms with Crippen LogP contribution in [0.1, 0.15) is 18.9 Å². The monoisotopic (exact) mass is 360 g/mol. The topological polar surface area (TPSA) is 35.5 Å². The molecule has 1 heterocycles. The van der Waals surface area contributed by atoms with Crippen molar-refractivity contribution >= 4 is 22.6 Å². The van der Waals surface area contributed by atoms with E-state index in [9.17, 15) is 5.11 Å². The highest BCUT2D eigenvalue weighted by Crippen LogP contribution is 2.28.